The lowest BCUT2D eigenvalue weighted by atomic mass is 10.1. The molecule has 66 valence electrons. The molecule has 1 aliphatic rings. The molecule has 2 rings (SSSR count). The third-order valence-corrected chi connectivity index (χ3v) is 3.45. The highest BCUT2D eigenvalue weighted by Gasteiger charge is 2.19. The summed E-state index contributed by atoms with van der Waals surface area (Å²) in [5.74, 6) is 1.17. The smallest absolute Gasteiger partial charge is 0.0972 e. The van der Waals surface area contributed by atoms with Gasteiger partial charge in [-0.15, -0.1) is 22.9 Å². The molecule has 4 heteroatoms. The maximum absolute atomic E-state index is 5.68. The molecule has 1 N–H and O–H groups in total. The van der Waals surface area contributed by atoms with Gasteiger partial charge in [0.05, 0.1) is 16.6 Å². The lowest BCUT2D eigenvalue weighted by Gasteiger charge is -2.01. The first kappa shape index (κ1) is 8.48. The third-order valence-electron chi connectivity index (χ3n) is 2.12. The van der Waals surface area contributed by atoms with Gasteiger partial charge in [-0.3, -0.25) is 0 Å². The number of nitrogens with zero attached hydrogens (tertiary/aromatic N) is 1. The summed E-state index contributed by atoms with van der Waals surface area (Å²) in [6, 6.07) is 0. The van der Waals surface area contributed by atoms with Crippen LogP contribution in [0, 0.1) is 0 Å². The molecule has 0 radical (unpaired) electrons. The molecule has 1 aromatic heterocycles. The molecule has 0 saturated carbocycles. The zero-order valence-electron chi connectivity index (χ0n) is 6.72. The van der Waals surface area contributed by atoms with E-state index >= 15 is 0 Å². The van der Waals surface area contributed by atoms with Gasteiger partial charge in [-0.25, -0.2) is 4.98 Å². The number of hydrogen-bond acceptors (Lipinski definition) is 3. The Labute approximate surface area is 81.0 Å². The van der Waals surface area contributed by atoms with E-state index in [-0.39, 0.29) is 0 Å². The van der Waals surface area contributed by atoms with E-state index in [4.69, 9.17) is 11.6 Å². The van der Waals surface area contributed by atoms with E-state index in [0.29, 0.717) is 11.8 Å². The van der Waals surface area contributed by atoms with Crippen LogP contribution in [0.1, 0.15) is 23.0 Å². The maximum atomic E-state index is 5.68. The first-order valence-corrected chi connectivity index (χ1v) is 5.52. The topological polar surface area (TPSA) is 24.9 Å². The Morgan fingerprint density at radius 2 is 2.67 bits per heavy atom. The Bertz CT molecular complexity index is 255. The van der Waals surface area contributed by atoms with Gasteiger partial charge in [0, 0.05) is 17.8 Å². The number of halogens is 1. The van der Waals surface area contributed by atoms with Gasteiger partial charge in [0.15, 0.2) is 0 Å². The molecular formula is C8H11ClN2S. The second-order valence-electron chi connectivity index (χ2n) is 3.00. The molecule has 12 heavy (non-hydrogen) atoms. The zero-order valence-corrected chi connectivity index (χ0v) is 8.29. The Morgan fingerprint density at radius 1 is 1.75 bits per heavy atom. The van der Waals surface area contributed by atoms with Gasteiger partial charge in [0.1, 0.15) is 0 Å². The lowest BCUT2D eigenvalue weighted by molar-refractivity contribution is 0.752. The minimum Gasteiger partial charge on any atom is -0.316 e. The van der Waals surface area contributed by atoms with Crippen LogP contribution in [0.3, 0.4) is 0 Å². The molecule has 1 saturated heterocycles. The summed E-state index contributed by atoms with van der Waals surface area (Å²) in [6.45, 7) is 2.20. The van der Waals surface area contributed by atoms with Crippen molar-refractivity contribution in [3.05, 3.63) is 16.1 Å². The largest absolute Gasteiger partial charge is 0.316 e. The first-order chi connectivity index (χ1) is 5.90. The first-order valence-electron chi connectivity index (χ1n) is 4.11. The molecule has 1 unspecified atom stereocenters. The van der Waals surface area contributed by atoms with Gasteiger partial charge < -0.3 is 5.32 Å². The number of thiazole rings is 1. The van der Waals surface area contributed by atoms with Crippen molar-refractivity contribution >= 4 is 22.9 Å². The van der Waals surface area contributed by atoms with Gasteiger partial charge in [0.25, 0.3) is 0 Å². The highest BCUT2D eigenvalue weighted by Crippen LogP contribution is 2.25. The summed E-state index contributed by atoms with van der Waals surface area (Å²) in [5, 5.41) is 6.63. The molecule has 1 aromatic rings. The van der Waals surface area contributed by atoms with E-state index < -0.39 is 0 Å². The Morgan fingerprint density at radius 3 is 3.25 bits per heavy atom. The molecule has 1 fully saturated rings. The fourth-order valence-corrected chi connectivity index (χ4v) is 2.62. The number of hydrogen-bond donors (Lipinski definition) is 1. The molecular weight excluding hydrogens is 192 g/mol. The second kappa shape index (κ2) is 3.73. The van der Waals surface area contributed by atoms with Crippen molar-refractivity contribution in [2.75, 3.05) is 13.1 Å². The summed E-state index contributed by atoms with van der Waals surface area (Å²) in [6.07, 6.45) is 1.22. The minimum atomic E-state index is 0.538. The fourth-order valence-electron chi connectivity index (χ4n) is 1.44. The summed E-state index contributed by atoms with van der Waals surface area (Å²) in [4.78, 5) is 4.46. The van der Waals surface area contributed by atoms with Crippen molar-refractivity contribution in [3.63, 3.8) is 0 Å². The molecule has 0 aromatic carbocycles. The third kappa shape index (κ3) is 1.63. The van der Waals surface area contributed by atoms with E-state index in [1.54, 1.807) is 11.3 Å². The van der Waals surface area contributed by atoms with Crippen molar-refractivity contribution in [2.24, 2.45) is 0 Å². The maximum Gasteiger partial charge on any atom is 0.0972 e. The van der Waals surface area contributed by atoms with Crippen LogP contribution in [0.25, 0.3) is 0 Å². The quantitative estimate of drug-likeness (QED) is 0.742. The zero-order chi connectivity index (χ0) is 8.39. The van der Waals surface area contributed by atoms with E-state index in [1.807, 2.05) is 0 Å². The number of rotatable bonds is 2. The van der Waals surface area contributed by atoms with Crippen LogP contribution < -0.4 is 5.32 Å². The predicted octanol–water partition coefficient (Wildman–Crippen LogP) is 1.96. The van der Waals surface area contributed by atoms with Gasteiger partial charge in [-0.2, -0.15) is 0 Å². The van der Waals surface area contributed by atoms with Gasteiger partial charge in [-0.1, -0.05) is 0 Å². The Kier molecular flexibility index (Phi) is 2.63. The van der Waals surface area contributed by atoms with Crippen LogP contribution in [-0.4, -0.2) is 18.1 Å². The molecule has 0 amide bonds. The summed E-state index contributed by atoms with van der Waals surface area (Å²) in [7, 11) is 0. The molecule has 0 bridgehead atoms. The normalized spacial score (nSPS) is 23.2. The van der Waals surface area contributed by atoms with Crippen molar-refractivity contribution < 1.29 is 0 Å². The monoisotopic (exact) mass is 202 g/mol. The van der Waals surface area contributed by atoms with E-state index in [0.717, 1.165) is 18.8 Å². The van der Waals surface area contributed by atoms with Crippen LogP contribution in [-0.2, 0) is 5.88 Å². The van der Waals surface area contributed by atoms with Crippen molar-refractivity contribution in [1.82, 2.24) is 10.3 Å². The highest BCUT2D eigenvalue weighted by atomic mass is 35.5. The summed E-state index contributed by atoms with van der Waals surface area (Å²) in [5.41, 5.74) is 1.02. The van der Waals surface area contributed by atoms with Gasteiger partial charge in [-0.05, 0) is 13.0 Å². The number of aromatic nitrogens is 1. The molecule has 1 aliphatic heterocycles. The fraction of sp³-hybridized carbons (Fsp3) is 0.625. The molecule has 2 nitrogen and oxygen atoms in total. The van der Waals surface area contributed by atoms with Crippen LogP contribution in [0.2, 0.25) is 0 Å². The van der Waals surface area contributed by atoms with E-state index in [2.05, 4.69) is 15.7 Å². The van der Waals surface area contributed by atoms with Crippen molar-refractivity contribution in [3.8, 4) is 0 Å². The van der Waals surface area contributed by atoms with Crippen molar-refractivity contribution in [2.45, 2.75) is 18.2 Å². The summed E-state index contributed by atoms with van der Waals surface area (Å²) < 4.78 is 0. The minimum absolute atomic E-state index is 0.538. The Hall–Kier alpha value is -0.120. The van der Waals surface area contributed by atoms with Gasteiger partial charge >= 0.3 is 0 Å². The second-order valence-corrected chi connectivity index (χ2v) is 4.16. The Balaban J connectivity index is 2.11. The van der Waals surface area contributed by atoms with E-state index in [1.165, 1.54) is 11.4 Å². The SMILES string of the molecule is ClCc1csc(C2CCNC2)n1. The van der Waals surface area contributed by atoms with E-state index in [9.17, 15) is 0 Å². The predicted molar refractivity (Wildman–Crippen MR) is 51.9 cm³/mol. The molecule has 0 spiro atoms. The van der Waals surface area contributed by atoms with Gasteiger partial charge in [0.2, 0.25) is 0 Å². The standard InChI is InChI=1S/C8H11ClN2S/c9-3-7-5-12-8(11-7)6-1-2-10-4-6/h5-6,10H,1-4H2. The molecule has 0 aliphatic carbocycles. The highest BCUT2D eigenvalue weighted by molar-refractivity contribution is 7.09. The average Bonchev–Trinajstić information content (AvgIpc) is 2.75. The molecule has 2 heterocycles. The van der Waals surface area contributed by atoms with Crippen LogP contribution in [0.5, 0.6) is 0 Å². The molecule has 1 atom stereocenters. The van der Waals surface area contributed by atoms with Crippen LogP contribution in [0.15, 0.2) is 5.38 Å². The van der Waals surface area contributed by atoms with Crippen LogP contribution in [0.4, 0.5) is 0 Å². The number of alkyl halides is 1. The van der Waals surface area contributed by atoms with Crippen molar-refractivity contribution in [1.29, 1.82) is 0 Å². The lowest BCUT2D eigenvalue weighted by Crippen LogP contribution is -2.07. The van der Waals surface area contributed by atoms with Crippen LogP contribution >= 0.6 is 22.9 Å². The average molecular weight is 203 g/mol. The number of nitrogens with one attached hydrogen (secondary N) is 1. The summed E-state index contributed by atoms with van der Waals surface area (Å²) >= 11 is 7.41.